The van der Waals surface area contributed by atoms with Crippen molar-refractivity contribution in [1.82, 2.24) is 15.2 Å². The van der Waals surface area contributed by atoms with Crippen molar-refractivity contribution < 1.29 is 9.53 Å². The zero-order valence-corrected chi connectivity index (χ0v) is 10.4. The Hall–Kier alpha value is -1.62. The summed E-state index contributed by atoms with van der Waals surface area (Å²) in [4.78, 5) is 17.7. The summed E-state index contributed by atoms with van der Waals surface area (Å²) in [5, 5.41) is 3.48. The minimum absolute atomic E-state index is 0.0254. The summed E-state index contributed by atoms with van der Waals surface area (Å²) in [6, 6.07) is 6.25. The zero-order chi connectivity index (χ0) is 12.5. The zero-order valence-electron chi connectivity index (χ0n) is 10.4. The lowest BCUT2D eigenvalue weighted by Gasteiger charge is -2.35. The Morgan fingerprint density at radius 2 is 2.44 bits per heavy atom. The van der Waals surface area contributed by atoms with E-state index < -0.39 is 0 Å². The molecular formula is C13H17N3O2. The topological polar surface area (TPSA) is 54.5 Å². The van der Waals surface area contributed by atoms with E-state index in [1.165, 1.54) is 0 Å². The van der Waals surface area contributed by atoms with E-state index in [2.05, 4.69) is 10.3 Å². The molecule has 3 unspecified atom stereocenters. The minimum Gasteiger partial charge on any atom is -0.444 e. The fourth-order valence-electron chi connectivity index (χ4n) is 2.88. The number of hydrogen-bond acceptors (Lipinski definition) is 4. The third kappa shape index (κ3) is 1.95. The van der Waals surface area contributed by atoms with Crippen LogP contribution in [0, 0.1) is 0 Å². The van der Waals surface area contributed by atoms with Gasteiger partial charge in [-0.05, 0) is 25.1 Å². The largest absolute Gasteiger partial charge is 0.444 e. The number of rotatable bonds is 2. The first-order chi connectivity index (χ1) is 8.75. The van der Waals surface area contributed by atoms with Crippen LogP contribution in [0.15, 0.2) is 24.4 Å². The molecule has 1 aromatic heterocycles. The predicted octanol–water partition coefficient (Wildman–Crippen LogP) is 0.805. The molecule has 1 N–H and O–H groups in total. The molecule has 0 radical (unpaired) electrons. The van der Waals surface area contributed by atoms with E-state index in [0.717, 1.165) is 25.1 Å². The standard InChI is InChI=1S/C13H17N3O2/c1-16-12-10(8-9-4-2-3-6-14-9)15-7-5-11(12)18-13(16)17/h2-4,6,10-12,15H,5,7-8H2,1H3. The van der Waals surface area contributed by atoms with Crippen LogP contribution in [-0.2, 0) is 11.2 Å². The first kappa shape index (κ1) is 11.5. The van der Waals surface area contributed by atoms with Crippen LogP contribution in [-0.4, -0.2) is 47.8 Å². The Kier molecular flexibility index (Phi) is 2.91. The Labute approximate surface area is 106 Å². The van der Waals surface area contributed by atoms with E-state index in [-0.39, 0.29) is 24.3 Å². The summed E-state index contributed by atoms with van der Waals surface area (Å²) < 4.78 is 5.37. The van der Waals surface area contributed by atoms with Crippen LogP contribution in [0.5, 0.6) is 0 Å². The van der Waals surface area contributed by atoms with Gasteiger partial charge in [0.25, 0.3) is 0 Å². The van der Waals surface area contributed by atoms with Gasteiger partial charge < -0.3 is 15.0 Å². The summed E-state index contributed by atoms with van der Waals surface area (Å²) >= 11 is 0. The number of piperidine rings is 1. The van der Waals surface area contributed by atoms with Crippen molar-refractivity contribution in [3.8, 4) is 0 Å². The highest BCUT2D eigenvalue weighted by Crippen LogP contribution is 2.27. The quantitative estimate of drug-likeness (QED) is 0.840. The van der Waals surface area contributed by atoms with Crippen LogP contribution in [0.1, 0.15) is 12.1 Å². The van der Waals surface area contributed by atoms with E-state index in [1.54, 1.807) is 11.1 Å². The van der Waals surface area contributed by atoms with E-state index in [9.17, 15) is 4.79 Å². The monoisotopic (exact) mass is 247 g/mol. The predicted molar refractivity (Wildman–Crippen MR) is 66.2 cm³/mol. The van der Waals surface area contributed by atoms with Gasteiger partial charge in [0.05, 0.1) is 6.04 Å². The van der Waals surface area contributed by atoms with E-state index >= 15 is 0 Å². The molecule has 96 valence electrons. The van der Waals surface area contributed by atoms with Gasteiger partial charge in [0, 0.05) is 31.4 Å². The normalized spacial score (nSPS) is 31.1. The van der Waals surface area contributed by atoms with Crippen LogP contribution in [0.4, 0.5) is 4.79 Å². The van der Waals surface area contributed by atoms with Gasteiger partial charge >= 0.3 is 6.09 Å². The molecule has 0 spiro atoms. The summed E-state index contributed by atoms with van der Waals surface area (Å²) in [6.45, 7) is 0.889. The minimum atomic E-state index is -0.209. The van der Waals surface area contributed by atoms with Crippen molar-refractivity contribution in [3.05, 3.63) is 30.1 Å². The van der Waals surface area contributed by atoms with Gasteiger partial charge in [-0.1, -0.05) is 6.07 Å². The second kappa shape index (κ2) is 4.57. The molecule has 1 amide bonds. The van der Waals surface area contributed by atoms with Gasteiger partial charge in [-0.3, -0.25) is 4.98 Å². The Bertz CT molecular complexity index is 437. The number of nitrogens with zero attached hydrogens (tertiary/aromatic N) is 2. The highest BCUT2D eigenvalue weighted by atomic mass is 16.6. The number of ether oxygens (including phenoxy) is 1. The lowest BCUT2D eigenvalue weighted by atomic mass is 9.92. The highest BCUT2D eigenvalue weighted by Gasteiger charge is 2.45. The summed E-state index contributed by atoms with van der Waals surface area (Å²) in [6.07, 6.45) is 3.33. The highest BCUT2D eigenvalue weighted by molar-refractivity contribution is 5.70. The second-order valence-corrected chi connectivity index (χ2v) is 4.90. The van der Waals surface area contributed by atoms with Crippen LogP contribution in [0.3, 0.4) is 0 Å². The fraction of sp³-hybridized carbons (Fsp3) is 0.538. The second-order valence-electron chi connectivity index (χ2n) is 4.90. The summed E-state index contributed by atoms with van der Waals surface area (Å²) in [7, 11) is 1.81. The van der Waals surface area contributed by atoms with Crippen molar-refractivity contribution in [2.45, 2.75) is 31.0 Å². The molecule has 0 saturated carbocycles. The Morgan fingerprint density at radius 1 is 1.56 bits per heavy atom. The molecule has 0 bridgehead atoms. The number of carbonyl (C=O) groups is 1. The number of pyridine rings is 1. The van der Waals surface area contributed by atoms with Crippen LogP contribution < -0.4 is 5.32 Å². The molecule has 3 rings (SSSR count). The Balaban J connectivity index is 1.77. The molecule has 2 fully saturated rings. The van der Waals surface area contributed by atoms with Gasteiger partial charge in [-0.25, -0.2) is 4.79 Å². The van der Waals surface area contributed by atoms with Gasteiger partial charge in [0.2, 0.25) is 0 Å². The van der Waals surface area contributed by atoms with Crippen molar-refractivity contribution in [2.75, 3.05) is 13.6 Å². The maximum atomic E-state index is 11.6. The average Bonchev–Trinajstić information content (AvgIpc) is 2.67. The maximum Gasteiger partial charge on any atom is 0.410 e. The molecule has 2 aliphatic heterocycles. The van der Waals surface area contributed by atoms with Crippen LogP contribution in [0.2, 0.25) is 0 Å². The van der Waals surface area contributed by atoms with E-state index in [4.69, 9.17) is 4.74 Å². The van der Waals surface area contributed by atoms with Crippen LogP contribution in [0.25, 0.3) is 0 Å². The summed E-state index contributed by atoms with van der Waals surface area (Å²) in [5.41, 5.74) is 1.04. The molecule has 0 aromatic carbocycles. The molecule has 5 heteroatoms. The molecule has 2 saturated heterocycles. The van der Waals surface area contributed by atoms with Gasteiger partial charge in [-0.15, -0.1) is 0 Å². The molecule has 5 nitrogen and oxygen atoms in total. The molecule has 0 aliphatic carbocycles. The van der Waals surface area contributed by atoms with Crippen molar-refractivity contribution in [2.24, 2.45) is 0 Å². The smallest absolute Gasteiger partial charge is 0.410 e. The first-order valence-corrected chi connectivity index (χ1v) is 6.32. The first-order valence-electron chi connectivity index (χ1n) is 6.32. The number of fused-ring (bicyclic) bond motifs is 1. The van der Waals surface area contributed by atoms with Gasteiger partial charge in [0.15, 0.2) is 0 Å². The lowest BCUT2D eigenvalue weighted by Crippen LogP contribution is -2.56. The number of nitrogens with one attached hydrogen (secondary N) is 1. The van der Waals surface area contributed by atoms with Crippen molar-refractivity contribution >= 4 is 6.09 Å². The summed E-state index contributed by atoms with van der Waals surface area (Å²) in [5.74, 6) is 0. The molecule has 3 atom stereocenters. The average molecular weight is 247 g/mol. The van der Waals surface area contributed by atoms with Gasteiger partial charge in [-0.2, -0.15) is 0 Å². The number of amides is 1. The number of hydrogen-bond donors (Lipinski definition) is 1. The molecule has 18 heavy (non-hydrogen) atoms. The van der Waals surface area contributed by atoms with Crippen LogP contribution >= 0.6 is 0 Å². The van der Waals surface area contributed by atoms with Crippen molar-refractivity contribution in [3.63, 3.8) is 0 Å². The number of likely N-dealkylation sites (N-methyl/N-ethyl adjacent to an activating group) is 1. The van der Waals surface area contributed by atoms with Crippen molar-refractivity contribution in [1.29, 1.82) is 0 Å². The third-order valence-electron chi connectivity index (χ3n) is 3.77. The third-order valence-corrected chi connectivity index (χ3v) is 3.77. The molecule has 3 heterocycles. The maximum absolute atomic E-state index is 11.6. The SMILES string of the molecule is CN1C(=O)OC2CCNC(Cc3ccccn3)C21. The Morgan fingerprint density at radius 3 is 3.22 bits per heavy atom. The van der Waals surface area contributed by atoms with E-state index in [1.807, 2.05) is 25.2 Å². The number of aromatic nitrogens is 1. The fourth-order valence-corrected chi connectivity index (χ4v) is 2.88. The van der Waals surface area contributed by atoms with E-state index in [0.29, 0.717) is 0 Å². The molecule has 2 aliphatic rings. The van der Waals surface area contributed by atoms with Gasteiger partial charge in [0.1, 0.15) is 6.10 Å². The molecular weight excluding hydrogens is 230 g/mol. The number of carbonyl (C=O) groups excluding carboxylic acids is 1. The molecule has 1 aromatic rings. The lowest BCUT2D eigenvalue weighted by molar-refractivity contribution is 0.104.